The molecule has 0 unspecified atom stereocenters. The van der Waals surface area contributed by atoms with E-state index in [1.807, 2.05) is 55.4 Å². The number of hydrogen-bond donors (Lipinski definition) is 1. The van der Waals surface area contributed by atoms with Crippen molar-refractivity contribution in [1.29, 1.82) is 0 Å². The predicted molar refractivity (Wildman–Crippen MR) is 73.3 cm³/mol. The zero-order chi connectivity index (χ0) is 12.3. The van der Waals surface area contributed by atoms with Gasteiger partial charge in [-0.15, -0.1) is 0 Å². The summed E-state index contributed by atoms with van der Waals surface area (Å²) in [6.45, 7) is 0. The smallest absolute Gasteiger partial charge is 0.128 e. The van der Waals surface area contributed by atoms with Crippen molar-refractivity contribution in [2.45, 2.75) is 0 Å². The molecule has 0 spiro atoms. The van der Waals surface area contributed by atoms with Gasteiger partial charge in [-0.05, 0) is 30.3 Å². The van der Waals surface area contributed by atoms with Gasteiger partial charge in [0.25, 0.3) is 0 Å². The Morgan fingerprint density at radius 3 is 2.53 bits per heavy atom. The fourth-order valence-corrected chi connectivity index (χ4v) is 1.65. The van der Waals surface area contributed by atoms with Gasteiger partial charge in [-0.2, -0.15) is 0 Å². The first kappa shape index (κ1) is 11.7. The van der Waals surface area contributed by atoms with Gasteiger partial charge in [0.2, 0.25) is 0 Å². The second-order valence-corrected chi connectivity index (χ2v) is 4.37. The molecule has 0 bridgehead atoms. The van der Waals surface area contributed by atoms with E-state index < -0.39 is 0 Å². The lowest BCUT2D eigenvalue weighted by Gasteiger charge is -2.12. The average molecular weight is 248 g/mol. The first-order valence-corrected chi connectivity index (χ1v) is 5.69. The Morgan fingerprint density at radius 1 is 1.12 bits per heavy atom. The van der Waals surface area contributed by atoms with Gasteiger partial charge in [-0.25, -0.2) is 4.98 Å². The van der Waals surface area contributed by atoms with Crippen molar-refractivity contribution < 1.29 is 0 Å². The Balaban J connectivity index is 2.14. The highest BCUT2D eigenvalue weighted by molar-refractivity contribution is 6.30. The minimum absolute atomic E-state index is 0.716. The molecule has 88 valence electrons. The highest BCUT2D eigenvalue weighted by atomic mass is 35.5. The van der Waals surface area contributed by atoms with Crippen molar-refractivity contribution in [1.82, 2.24) is 4.98 Å². The fraction of sp³-hybridized carbons (Fsp3) is 0.154. The topological polar surface area (TPSA) is 28.2 Å². The van der Waals surface area contributed by atoms with Crippen LogP contribution in [0.5, 0.6) is 0 Å². The van der Waals surface area contributed by atoms with Gasteiger partial charge in [0.1, 0.15) is 5.82 Å². The van der Waals surface area contributed by atoms with Crippen molar-refractivity contribution >= 4 is 28.8 Å². The van der Waals surface area contributed by atoms with E-state index in [2.05, 4.69) is 10.3 Å². The minimum Gasteiger partial charge on any atom is -0.363 e. The van der Waals surface area contributed by atoms with Crippen LogP contribution in [0, 0.1) is 0 Å². The van der Waals surface area contributed by atoms with Crippen LogP contribution in [0.2, 0.25) is 5.02 Å². The molecule has 0 amide bonds. The van der Waals surface area contributed by atoms with Crippen LogP contribution in [0.3, 0.4) is 0 Å². The third-order valence-corrected chi connectivity index (χ3v) is 2.55. The Hall–Kier alpha value is -1.74. The largest absolute Gasteiger partial charge is 0.363 e. The predicted octanol–water partition coefficient (Wildman–Crippen LogP) is 3.54. The van der Waals surface area contributed by atoms with Crippen LogP contribution in [0.4, 0.5) is 17.2 Å². The standard InChI is InChI=1S/C13H14ClN3/c1-17(2)13-7-6-12(9-15-13)16-11-5-3-4-10(14)8-11/h3-9,16H,1-2H3. The lowest BCUT2D eigenvalue weighted by molar-refractivity contribution is 1.07. The zero-order valence-corrected chi connectivity index (χ0v) is 10.6. The van der Waals surface area contributed by atoms with Gasteiger partial charge in [-0.3, -0.25) is 0 Å². The number of anilines is 3. The van der Waals surface area contributed by atoms with E-state index in [4.69, 9.17) is 11.6 Å². The Morgan fingerprint density at radius 2 is 1.94 bits per heavy atom. The molecule has 0 radical (unpaired) electrons. The average Bonchev–Trinajstić information content (AvgIpc) is 2.29. The van der Waals surface area contributed by atoms with Gasteiger partial charge in [-0.1, -0.05) is 17.7 Å². The number of rotatable bonds is 3. The summed E-state index contributed by atoms with van der Waals surface area (Å²) in [6, 6.07) is 11.6. The van der Waals surface area contributed by atoms with E-state index in [9.17, 15) is 0 Å². The number of aromatic nitrogens is 1. The Bertz CT molecular complexity index is 494. The maximum Gasteiger partial charge on any atom is 0.128 e. The number of hydrogen-bond acceptors (Lipinski definition) is 3. The molecule has 0 aliphatic rings. The first-order chi connectivity index (χ1) is 8.15. The van der Waals surface area contributed by atoms with Crippen molar-refractivity contribution in [2.75, 3.05) is 24.3 Å². The molecule has 3 nitrogen and oxygen atoms in total. The number of halogens is 1. The molecule has 0 atom stereocenters. The zero-order valence-electron chi connectivity index (χ0n) is 9.81. The molecule has 1 N–H and O–H groups in total. The summed E-state index contributed by atoms with van der Waals surface area (Å²) < 4.78 is 0. The Labute approximate surface area is 106 Å². The molecular formula is C13H14ClN3. The molecule has 2 rings (SSSR count). The number of pyridine rings is 1. The summed E-state index contributed by atoms with van der Waals surface area (Å²) in [7, 11) is 3.93. The third-order valence-electron chi connectivity index (χ3n) is 2.32. The van der Waals surface area contributed by atoms with E-state index in [0.717, 1.165) is 17.2 Å². The van der Waals surface area contributed by atoms with Crippen LogP contribution in [-0.4, -0.2) is 19.1 Å². The number of benzene rings is 1. The van der Waals surface area contributed by atoms with Crippen molar-refractivity contribution in [2.24, 2.45) is 0 Å². The summed E-state index contributed by atoms with van der Waals surface area (Å²) >= 11 is 5.92. The van der Waals surface area contributed by atoms with Crippen LogP contribution in [0.15, 0.2) is 42.6 Å². The quantitative estimate of drug-likeness (QED) is 0.899. The normalized spacial score (nSPS) is 10.1. The summed E-state index contributed by atoms with van der Waals surface area (Å²) in [5.74, 6) is 0.932. The lowest BCUT2D eigenvalue weighted by Crippen LogP contribution is -2.10. The molecule has 2 aromatic rings. The van der Waals surface area contributed by atoms with Crippen LogP contribution >= 0.6 is 11.6 Å². The highest BCUT2D eigenvalue weighted by Gasteiger charge is 1.98. The van der Waals surface area contributed by atoms with E-state index in [1.165, 1.54) is 0 Å². The van der Waals surface area contributed by atoms with Crippen LogP contribution in [0.1, 0.15) is 0 Å². The summed E-state index contributed by atoms with van der Waals surface area (Å²) in [5, 5.41) is 3.96. The second kappa shape index (κ2) is 5.06. The summed E-state index contributed by atoms with van der Waals surface area (Å²) in [5.41, 5.74) is 1.90. The summed E-state index contributed by atoms with van der Waals surface area (Å²) in [6.07, 6.45) is 1.80. The van der Waals surface area contributed by atoms with Crippen molar-refractivity contribution in [3.8, 4) is 0 Å². The molecule has 0 saturated heterocycles. The van der Waals surface area contributed by atoms with Crippen molar-refractivity contribution in [3.05, 3.63) is 47.6 Å². The molecule has 17 heavy (non-hydrogen) atoms. The molecule has 1 aromatic carbocycles. The van der Waals surface area contributed by atoms with E-state index in [1.54, 1.807) is 6.20 Å². The van der Waals surface area contributed by atoms with Crippen LogP contribution < -0.4 is 10.2 Å². The van der Waals surface area contributed by atoms with Crippen LogP contribution in [-0.2, 0) is 0 Å². The molecule has 0 aliphatic heterocycles. The van der Waals surface area contributed by atoms with Gasteiger partial charge in [0.05, 0.1) is 11.9 Å². The second-order valence-electron chi connectivity index (χ2n) is 3.93. The van der Waals surface area contributed by atoms with Gasteiger partial charge in [0.15, 0.2) is 0 Å². The lowest BCUT2D eigenvalue weighted by atomic mass is 10.3. The number of nitrogens with zero attached hydrogens (tertiary/aromatic N) is 2. The molecule has 4 heteroatoms. The molecule has 0 fully saturated rings. The van der Waals surface area contributed by atoms with E-state index >= 15 is 0 Å². The Kier molecular flexibility index (Phi) is 3.49. The van der Waals surface area contributed by atoms with E-state index in [0.29, 0.717) is 5.02 Å². The molecule has 1 aromatic heterocycles. The summed E-state index contributed by atoms with van der Waals surface area (Å²) in [4.78, 5) is 6.29. The maximum absolute atomic E-state index is 5.92. The molecular weight excluding hydrogens is 234 g/mol. The fourth-order valence-electron chi connectivity index (χ4n) is 1.46. The first-order valence-electron chi connectivity index (χ1n) is 5.31. The molecule has 0 aliphatic carbocycles. The molecule has 1 heterocycles. The van der Waals surface area contributed by atoms with Gasteiger partial charge >= 0.3 is 0 Å². The third kappa shape index (κ3) is 3.11. The maximum atomic E-state index is 5.92. The molecule has 0 saturated carbocycles. The SMILES string of the molecule is CN(C)c1ccc(Nc2cccc(Cl)c2)cn1. The van der Waals surface area contributed by atoms with E-state index in [-0.39, 0.29) is 0 Å². The highest BCUT2D eigenvalue weighted by Crippen LogP contribution is 2.20. The monoisotopic (exact) mass is 247 g/mol. The number of nitrogens with one attached hydrogen (secondary N) is 1. The van der Waals surface area contributed by atoms with Crippen LogP contribution in [0.25, 0.3) is 0 Å². The van der Waals surface area contributed by atoms with Gasteiger partial charge in [0, 0.05) is 24.8 Å². The van der Waals surface area contributed by atoms with Crippen molar-refractivity contribution in [3.63, 3.8) is 0 Å². The minimum atomic E-state index is 0.716. The van der Waals surface area contributed by atoms with Gasteiger partial charge < -0.3 is 10.2 Å².